The van der Waals surface area contributed by atoms with Gasteiger partial charge in [0, 0.05) is 12.8 Å². The van der Waals surface area contributed by atoms with Gasteiger partial charge in [-0.15, -0.1) is 0 Å². The van der Waals surface area contributed by atoms with E-state index >= 15 is 0 Å². The first-order valence-corrected chi connectivity index (χ1v) is 36.2. The minimum atomic E-state index is -0.662. The molecule has 0 aliphatic rings. The zero-order valence-corrected chi connectivity index (χ0v) is 54.1. The van der Waals surface area contributed by atoms with Gasteiger partial charge in [0.05, 0.1) is 25.4 Å². The number of ether oxygens (including phenoxy) is 1. The summed E-state index contributed by atoms with van der Waals surface area (Å²) in [6.45, 7) is 4.95. The number of hydrogen-bond donors (Lipinski definition) is 3. The number of allylic oxidation sites excluding steroid dienone is 6. The van der Waals surface area contributed by atoms with Gasteiger partial charge in [0.1, 0.15) is 0 Å². The van der Waals surface area contributed by atoms with Crippen LogP contribution in [0.1, 0.15) is 399 Å². The molecule has 80 heavy (non-hydrogen) atoms. The number of carbonyl (C=O) groups is 2. The van der Waals surface area contributed by atoms with Gasteiger partial charge in [-0.1, -0.05) is 339 Å². The molecule has 0 fully saturated rings. The average molecular weight is 1120 g/mol. The van der Waals surface area contributed by atoms with E-state index in [4.69, 9.17) is 4.74 Å². The Bertz CT molecular complexity index is 1300. The lowest BCUT2D eigenvalue weighted by molar-refractivity contribution is -0.143. The number of hydrogen-bond acceptors (Lipinski definition) is 5. The highest BCUT2D eigenvalue weighted by atomic mass is 16.5. The number of rotatable bonds is 68. The fourth-order valence-electron chi connectivity index (χ4n) is 11.4. The molecule has 1 amide bonds. The Labute approximate surface area is 500 Å². The second-order valence-electron chi connectivity index (χ2n) is 24.9. The van der Waals surface area contributed by atoms with Crippen LogP contribution in [0.15, 0.2) is 36.5 Å². The highest BCUT2D eigenvalue weighted by Gasteiger charge is 2.20. The fourth-order valence-corrected chi connectivity index (χ4v) is 11.4. The Kier molecular flexibility index (Phi) is 67.9. The van der Waals surface area contributed by atoms with Crippen LogP contribution in [-0.2, 0) is 14.3 Å². The zero-order valence-electron chi connectivity index (χ0n) is 54.1. The van der Waals surface area contributed by atoms with E-state index < -0.39 is 12.1 Å². The number of carbonyl (C=O) groups excluding carboxylic acids is 2. The summed E-state index contributed by atoms with van der Waals surface area (Å²) in [5.74, 6) is -0.0210. The SMILES string of the molecule is CCCCC/C=C\CCCCCCCC(=O)OCCCCCCCCCCCCCCC/C=C\C/C=C\CCCCCCCCCCCCCCCCCCCC(=O)NC(CO)C(O)CCCCCCCCCCCCCCCC. The molecule has 0 aromatic heterocycles. The monoisotopic (exact) mass is 1120 g/mol. The van der Waals surface area contributed by atoms with Gasteiger partial charge in [0.25, 0.3) is 0 Å². The lowest BCUT2D eigenvalue weighted by Crippen LogP contribution is -2.45. The predicted molar refractivity (Wildman–Crippen MR) is 352 cm³/mol. The first-order chi connectivity index (χ1) is 39.5. The smallest absolute Gasteiger partial charge is 0.305 e. The highest BCUT2D eigenvalue weighted by molar-refractivity contribution is 5.76. The van der Waals surface area contributed by atoms with Crippen molar-refractivity contribution in [3.8, 4) is 0 Å². The number of unbranched alkanes of at least 4 members (excludes halogenated alkanes) is 51. The Balaban J connectivity index is 3.35. The number of aliphatic hydroxyl groups excluding tert-OH is 2. The second-order valence-corrected chi connectivity index (χ2v) is 24.9. The van der Waals surface area contributed by atoms with Crippen LogP contribution in [0.2, 0.25) is 0 Å². The van der Waals surface area contributed by atoms with Crippen LogP contribution in [0.4, 0.5) is 0 Å². The third kappa shape index (κ3) is 65.2. The van der Waals surface area contributed by atoms with Crippen LogP contribution in [0, 0.1) is 0 Å². The minimum absolute atomic E-state index is 0.00886. The summed E-state index contributed by atoms with van der Waals surface area (Å²) in [4.78, 5) is 24.5. The molecule has 0 saturated heterocycles. The molecule has 0 aromatic rings. The molecular weight excluding hydrogens is 983 g/mol. The molecule has 0 radical (unpaired) electrons. The van der Waals surface area contributed by atoms with Crippen molar-refractivity contribution >= 4 is 11.9 Å². The van der Waals surface area contributed by atoms with E-state index in [1.807, 2.05) is 0 Å². The van der Waals surface area contributed by atoms with E-state index in [1.165, 1.54) is 315 Å². The molecule has 472 valence electrons. The van der Waals surface area contributed by atoms with Gasteiger partial charge in [0.15, 0.2) is 0 Å². The topological polar surface area (TPSA) is 95.9 Å². The summed E-state index contributed by atoms with van der Waals surface area (Å²) < 4.78 is 5.47. The molecule has 2 unspecified atom stereocenters. The van der Waals surface area contributed by atoms with E-state index in [0.29, 0.717) is 25.9 Å². The summed E-state index contributed by atoms with van der Waals surface area (Å²) in [6.07, 6.45) is 89.3. The second kappa shape index (κ2) is 69.6. The Morgan fingerprint density at radius 1 is 0.350 bits per heavy atom. The number of nitrogens with one attached hydrogen (secondary N) is 1. The maximum absolute atomic E-state index is 12.5. The van der Waals surface area contributed by atoms with Crippen LogP contribution in [-0.4, -0.2) is 47.4 Å². The van der Waals surface area contributed by atoms with Crippen LogP contribution >= 0.6 is 0 Å². The van der Waals surface area contributed by atoms with E-state index in [1.54, 1.807) is 0 Å². The van der Waals surface area contributed by atoms with E-state index in [0.717, 1.165) is 51.4 Å². The van der Waals surface area contributed by atoms with Gasteiger partial charge in [-0.3, -0.25) is 9.59 Å². The van der Waals surface area contributed by atoms with E-state index in [9.17, 15) is 19.8 Å². The third-order valence-corrected chi connectivity index (χ3v) is 16.9. The van der Waals surface area contributed by atoms with E-state index in [-0.39, 0.29) is 18.5 Å². The Morgan fingerprint density at radius 2 is 0.625 bits per heavy atom. The summed E-state index contributed by atoms with van der Waals surface area (Å²) in [5, 5.41) is 23.3. The molecule has 0 rings (SSSR count). The molecule has 0 saturated carbocycles. The number of aliphatic hydroxyl groups is 2. The third-order valence-electron chi connectivity index (χ3n) is 16.9. The Morgan fingerprint density at radius 3 is 0.988 bits per heavy atom. The maximum Gasteiger partial charge on any atom is 0.305 e. The quantitative estimate of drug-likeness (QED) is 0.0320. The van der Waals surface area contributed by atoms with Gasteiger partial charge < -0.3 is 20.3 Å². The normalized spacial score (nSPS) is 12.7. The molecule has 0 aliphatic heterocycles. The summed E-state index contributed by atoms with van der Waals surface area (Å²) >= 11 is 0. The summed E-state index contributed by atoms with van der Waals surface area (Å²) in [5.41, 5.74) is 0. The van der Waals surface area contributed by atoms with Crippen molar-refractivity contribution in [1.29, 1.82) is 0 Å². The average Bonchev–Trinajstić information content (AvgIpc) is 3.46. The van der Waals surface area contributed by atoms with Gasteiger partial charge in [0.2, 0.25) is 5.91 Å². The lowest BCUT2D eigenvalue weighted by Gasteiger charge is -2.22. The lowest BCUT2D eigenvalue weighted by atomic mass is 10.0. The van der Waals surface area contributed by atoms with Gasteiger partial charge in [-0.05, 0) is 83.5 Å². The van der Waals surface area contributed by atoms with Crippen molar-refractivity contribution in [1.82, 2.24) is 5.32 Å². The molecular formula is C74H141NO5. The first kappa shape index (κ1) is 78.1. The maximum atomic E-state index is 12.5. The van der Waals surface area contributed by atoms with Crippen LogP contribution in [0.3, 0.4) is 0 Å². The number of amides is 1. The van der Waals surface area contributed by atoms with Crippen molar-refractivity contribution in [2.24, 2.45) is 0 Å². The van der Waals surface area contributed by atoms with Crippen LogP contribution in [0.25, 0.3) is 0 Å². The van der Waals surface area contributed by atoms with Crippen molar-refractivity contribution in [2.75, 3.05) is 13.2 Å². The van der Waals surface area contributed by atoms with Crippen molar-refractivity contribution in [3.63, 3.8) is 0 Å². The molecule has 0 heterocycles. The molecule has 3 N–H and O–H groups in total. The van der Waals surface area contributed by atoms with Crippen molar-refractivity contribution in [3.05, 3.63) is 36.5 Å². The predicted octanol–water partition coefficient (Wildman–Crippen LogP) is 23.5. The van der Waals surface area contributed by atoms with E-state index in [2.05, 4.69) is 55.6 Å². The molecule has 0 aliphatic carbocycles. The molecule has 2 atom stereocenters. The molecule has 6 nitrogen and oxygen atoms in total. The number of esters is 1. The Hall–Kier alpha value is -1.92. The zero-order chi connectivity index (χ0) is 57.8. The molecule has 0 bridgehead atoms. The van der Waals surface area contributed by atoms with Crippen LogP contribution < -0.4 is 5.32 Å². The van der Waals surface area contributed by atoms with Gasteiger partial charge in [-0.2, -0.15) is 0 Å². The molecule has 6 heteroatoms. The fraction of sp³-hybridized carbons (Fsp3) is 0.892. The van der Waals surface area contributed by atoms with Gasteiger partial charge >= 0.3 is 5.97 Å². The summed E-state index contributed by atoms with van der Waals surface area (Å²) in [6, 6.07) is -0.539. The summed E-state index contributed by atoms with van der Waals surface area (Å²) in [7, 11) is 0. The molecule has 0 spiro atoms. The largest absolute Gasteiger partial charge is 0.466 e. The first-order valence-electron chi connectivity index (χ1n) is 36.2. The molecule has 0 aromatic carbocycles. The van der Waals surface area contributed by atoms with Crippen LogP contribution in [0.5, 0.6) is 0 Å². The van der Waals surface area contributed by atoms with Crippen molar-refractivity contribution in [2.45, 2.75) is 411 Å². The van der Waals surface area contributed by atoms with Crippen molar-refractivity contribution < 1.29 is 24.5 Å². The minimum Gasteiger partial charge on any atom is -0.466 e. The standard InChI is InChI=1S/C74H141NO5/c1-3-5-7-9-11-13-15-17-43-46-50-54-58-62-66-72(77)71(70-76)75-73(78)67-63-59-55-51-47-44-41-39-37-35-33-31-29-27-25-23-21-19-18-20-22-24-26-28-30-32-34-36-38-40-42-45-49-53-57-61-65-69-80-74(79)68-64-60-56-52-48-16-14-12-10-8-6-4-2/h12,14,18,20,24,26,71-72,76-77H,3-11,13,15-17,19,21-23,25,27-70H2,1-2H3,(H,75,78)/b14-12-,20-18-,26-24-. The van der Waals surface area contributed by atoms with Gasteiger partial charge in [-0.25, -0.2) is 0 Å². The highest BCUT2D eigenvalue weighted by Crippen LogP contribution is 2.19.